The number of nitrogens with one attached hydrogen (secondary N) is 1. The lowest BCUT2D eigenvalue weighted by atomic mass is 10.2. The van der Waals surface area contributed by atoms with Gasteiger partial charge >= 0.3 is 0 Å². The molecule has 3 nitrogen and oxygen atoms in total. The molecule has 1 unspecified atom stereocenters. The van der Waals surface area contributed by atoms with E-state index in [4.69, 9.17) is 23.8 Å². The molecular formula is C13H18ClN3S. The van der Waals surface area contributed by atoms with Gasteiger partial charge in [-0.15, -0.1) is 0 Å². The first-order valence-corrected chi connectivity index (χ1v) is 6.82. The minimum atomic E-state index is 0.370. The lowest BCUT2D eigenvalue weighted by molar-refractivity contribution is 0.359. The van der Waals surface area contributed by atoms with E-state index in [1.54, 1.807) is 0 Å². The van der Waals surface area contributed by atoms with Gasteiger partial charge in [0.2, 0.25) is 0 Å². The molecule has 1 N–H and O–H groups in total. The Kier molecular flexibility index (Phi) is 4.10. The molecule has 2 rings (SSSR count). The van der Waals surface area contributed by atoms with Crippen LogP contribution in [0.15, 0.2) is 18.2 Å². The third-order valence-electron chi connectivity index (χ3n) is 3.11. The van der Waals surface area contributed by atoms with Gasteiger partial charge in [0.15, 0.2) is 4.77 Å². The highest BCUT2D eigenvalue weighted by Gasteiger charge is 2.11. The van der Waals surface area contributed by atoms with E-state index in [0.717, 1.165) is 33.8 Å². The van der Waals surface area contributed by atoms with E-state index in [1.807, 2.05) is 18.2 Å². The molecule has 1 aromatic heterocycles. The Bertz CT molecular complexity index is 600. The highest BCUT2D eigenvalue weighted by Crippen LogP contribution is 2.23. The SMILES string of the molecule is CC(CCN(C)C)n1c(=S)[nH]c2cc(Cl)ccc21. The number of H-pyrrole nitrogens is 1. The molecule has 0 saturated heterocycles. The van der Waals surface area contributed by atoms with Crippen molar-refractivity contribution in [3.8, 4) is 0 Å². The van der Waals surface area contributed by atoms with Crippen molar-refractivity contribution >= 4 is 34.9 Å². The molecule has 2 aromatic rings. The maximum atomic E-state index is 5.99. The number of aromatic nitrogens is 2. The van der Waals surface area contributed by atoms with Crippen LogP contribution in [0.25, 0.3) is 11.0 Å². The molecule has 0 bridgehead atoms. The molecule has 5 heteroatoms. The van der Waals surface area contributed by atoms with Crippen LogP contribution in [0.3, 0.4) is 0 Å². The van der Waals surface area contributed by atoms with Crippen molar-refractivity contribution in [3.63, 3.8) is 0 Å². The van der Waals surface area contributed by atoms with Crippen LogP contribution in [0.4, 0.5) is 0 Å². The molecule has 0 fully saturated rings. The third-order valence-corrected chi connectivity index (χ3v) is 3.65. The molecule has 1 heterocycles. The second kappa shape index (κ2) is 5.43. The van der Waals surface area contributed by atoms with Crippen LogP contribution < -0.4 is 0 Å². The highest BCUT2D eigenvalue weighted by molar-refractivity contribution is 7.71. The van der Waals surface area contributed by atoms with Crippen LogP contribution >= 0.6 is 23.8 Å². The average Bonchev–Trinajstić information content (AvgIpc) is 2.61. The molecule has 0 saturated carbocycles. The highest BCUT2D eigenvalue weighted by atomic mass is 35.5. The van der Waals surface area contributed by atoms with Crippen molar-refractivity contribution in [2.75, 3.05) is 20.6 Å². The summed E-state index contributed by atoms with van der Waals surface area (Å²) in [6.45, 7) is 3.24. The fraction of sp³-hybridized carbons (Fsp3) is 0.462. The van der Waals surface area contributed by atoms with Crippen LogP contribution in [0.5, 0.6) is 0 Å². The number of nitrogens with zero attached hydrogens (tertiary/aromatic N) is 2. The molecule has 1 atom stereocenters. The lowest BCUT2D eigenvalue weighted by Gasteiger charge is -2.17. The van der Waals surface area contributed by atoms with Gasteiger partial charge < -0.3 is 14.5 Å². The largest absolute Gasteiger partial charge is 0.331 e. The van der Waals surface area contributed by atoms with Crippen LogP contribution in [-0.4, -0.2) is 35.1 Å². The number of hydrogen-bond donors (Lipinski definition) is 1. The van der Waals surface area contributed by atoms with E-state index < -0.39 is 0 Å². The predicted molar refractivity (Wildman–Crippen MR) is 80.0 cm³/mol. The molecule has 0 aliphatic carbocycles. The number of fused-ring (bicyclic) bond motifs is 1. The molecule has 98 valence electrons. The van der Waals surface area contributed by atoms with E-state index in [1.165, 1.54) is 0 Å². The molecular weight excluding hydrogens is 266 g/mol. The zero-order valence-corrected chi connectivity index (χ0v) is 12.5. The zero-order valence-electron chi connectivity index (χ0n) is 10.9. The van der Waals surface area contributed by atoms with Gasteiger partial charge in [-0.05, 0) is 64.4 Å². The second-order valence-corrected chi connectivity index (χ2v) is 5.73. The Morgan fingerprint density at radius 2 is 2.17 bits per heavy atom. The third kappa shape index (κ3) is 2.76. The van der Waals surface area contributed by atoms with Gasteiger partial charge in [0.05, 0.1) is 11.0 Å². The summed E-state index contributed by atoms with van der Waals surface area (Å²) in [5.41, 5.74) is 2.12. The van der Waals surface area contributed by atoms with E-state index in [9.17, 15) is 0 Å². The van der Waals surface area contributed by atoms with Crippen LogP contribution in [0.1, 0.15) is 19.4 Å². The second-order valence-electron chi connectivity index (χ2n) is 4.90. The summed E-state index contributed by atoms with van der Waals surface area (Å²) in [4.78, 5) is 5.40. The zero-order chi connectivity index (χ0) is 13.3. The summed E-state index contributed by atoms with van der Waals surface area (Å²) < 4.78 is 2.93. The van der Waals surface area contributed by atoms with Crippen molar-refractivity contribution in [1.29, 1.82) is 0 Å². The Morgan fingerprint density at radius 1 is 1.44 bits per heavy atom. The summed E-state index contributed by atoms with van der Waals surface area (Å²) in [6, 6.07) is 6.22. The Hall–Kier alpha value is -0.840. The lowest BCUT2D eigenvalue weighted by Crippen LogP contribution is -2.17. The number of hydrogen-bond acceptors (Lipinski definition) is 2. The summed E-state index contributed by atoms with van der Waals surface area (Å²) in [5, 5.41) is 0.729. The van der Waals surface area contributed by atoms with Gasteiger partial charge in [0.1, 0.15) is 0 Å². The fourth-order valence-corrected chi connectivity index (χ4v) is 2.68. The first-order valence-electron chi connectivity index (χ1n) is 6.03. The number of aromatic amines is 1. The van der Waals surface area contributed by atoms with Crippen molar-refractivity contribution in [3.05, 3.63) is 28.0 Å². The molecule has 0 aliphatic rings. The smallest absolute Gasteiger partial charge is 0.178 e. The van der Waals surface area contributed by atoms with Gasteiger partial charge in [-0.1, -0.05) is 11.6 Å². The van der Waals surface area contributed by atoms with E-state index in [2.05, 4.69) is 35.5 Å². The Labute approximate surface area is 117 Å². The maximum Gasteiger partial charge on any atom is 0.178 e. The summed E-state index contributed by atoms with van der Waals surface area (Å²) >= 11 is 11.4. The number of halogens is 1. The Morgan fingerprint density at radius 3 is 2.83 bits per heavy atom. The summed E-state index contributed by atoms with van der Waals surface area (Å²) in [6.07, 6.45) is 1.07. The number of rotatable bonds is 4. The van der Waals surface area contributed by atoms with Gasteiger partial charge in [-0.25, -0.2) is 0 Å². The van der Waals surface area contributed by atoms with Crippen LogP contribution in [0.2, 0.25) is 5.02 Å². The van der Waals surface area contributed by atoms with Gasteiger partial charge in [-0.3, -0.25) is 0 Å². The van der Waals surface area contributed by atoms with Gasteiger partial charge in [0.25, 0.3) is 0 Å². The first-order chi connectivity index (χ1) is 8.49. The number of benzene rings is 1. The molecule has 0 radical (unpaired) electrons. The molecule has 0 spiro atoms. The average molecular weight is 284 g/mol. The summed E-state index contributed by atoms with van der Waals surface area (Å²) in [5.74, 6) is 0. The van der Waals surface area contributed by atoms with Crippen molar-refractivity contribution in [2.45, 2.75) is 19.4 Å². The van der Waals surface area contributed by atoms with Crippen molar-refractivity contribution in [2.24, 2.45) is 0 Å². The standard InChI is InChI=1S/C13H18ClN3S/c1-9(6-7-16(2)3)17-12-5-4-10(14)8-11(12)15-13(17)18/h4-5,8-9H,6-7H2,1-3H3,(H,15,18). The van der Waals surface area contributed by atoms with Crippen LogP contribution in [0, 0.1) is 4.77 Å². The summed E-state index contributed by atoms with van der Waals surface area (Å²) in [7, 11) is 4.17. The van der Waals surface area contributed by atoms with E-state index >= 15 is 0 Å². The van der Waals surface area contributed by atoms with Crippen molar-refractivity contribution < 1.29 is 0 Å². The fourth-order valence-electron chi connectivity index (χ4n) is 2.12. The Balaban J connectivity index is 2.38. The minimum absolute atomic E-state index is 0.370. The first kappa shape index (κ1) is 13.6. The number of imidazole rings is 1. The normalized spacial score (nSPS) is 13.4. The maximum absolute atomic E-state index is 5.99. The molecule has 1 aromatic carbocycles. The molecule has 18 heavy (non-hydrogen) atoms. The van der Waals surface area contributed by atoms with E-state index in [-0.39, 0.29) is 0 Å². The van der Waals surface area contributed by atoms with Crippen LogP contribution in [-0.2, 0) is 0 Å². The van der Waals surface area contributed by atoms with E-state index in [0.29, 0.717) is 6.04 Å². The van der Waals surface area contributed by atoms with Gasteiger partial charge in [0, 0.05) is 11.1 Å². The van der Waals surface area contributed by atoms with Gasteiger partial charge in [-0.2, -0.15) is 0 Å². The quantitative estimate of drug-likeness (QED) is 0.862. The minimum Gasteiger partial charge on any atom is -0.331 e. The topological polar surface area (TPSA) is 24.0 Å². The van der Waals surface area contributed by atoms with Crippen molar-refractivity contribution in [1.82, 2.24) is 14.5 Å². The molecule has 0 amide bonds. The predicted octanol–water partition coefficient (Wildman–Crippen LogP) is 3.86. The monoisotopic (exact) mass is 283 g/mol. The molecule has 0 aliphatic heterocycles.